The maximum Gasteiger partial charge on any atom is 0.331 e. The molecule has 0 amide bonds. The van der Waals surface area contributed by atoms with Gasteiger partial charge in [0.2, 0.25) is 0 Å². The second-order valence-corrected chi connectivity index (χ2v) is 15.6. The molecule has 0 spiro atoms. The van der Waals surface area contributed by atoms with Gasteiger partial charge in [-0.15, -0.1) is 0 Å². The molecule has 0 radical (unpaired) electrons. The number of cyclic esters (lactones) is 1. The van der Waals surface area contributed by atoms with Crippen molar-refractivity contribution < 1.29 is 58.7 Å². The number of esters is 1. The van der Waals surface area contributed by atoms with Gasteiger partial charge in [0.1, 0.15) is 42.2 Å². The van der Waals surface area contributed by atoms with Gasteiger partial charge < -0.3 is 54.0 Å². The lowest BCUT2D eigenvalue weighted by Gasteiger charge is -2.33. The summed E-state index contributed by atoms with van der Waals surface area (Å²) in [7, 11) is 5.98. The van der Waals surface area contributed by atoms with E-state index < -0.39 is 78.5 Å². The average Bonchev–Trinajstić information content (AvgIpc) is 3.42. The maximum absolute atomic E-state index is 13.2. The number of carbonyl (C=O) groups is 1. The standard InChI is InChI=1S/C45H72O12/c1-11-16-38-43(55-10)44(51)45(6,57-38)39(48)21-15-20-37-42(54-9)41(50)32(5)28-31(4)24-26-34(47)36(53-8)19-14-17-29(2)27-30(3)23-25-33(46)35(52-7)18-12-13-22-40(49)56-37/h12-13,15,18,20,22-29,32-39,41-44,46-48,50-51H,11,14,16-17,19,21H2,1-10H3/b18-12+,20-15+,22-13+,25-23+,26-24+,30-27+,31-28+/t29?,32-,33-,34+,35?,36-,37+,38+,39+,41+,42?,43-,44-,45+/m1/s1. The topological polar surface area (TPSA) is 174 Å². The second kappa shape index (κ2) is 25.7. The van der Waals surface area contributed by atoms with Gasteiger partial charge in [0.25, 0.3) is 0 Å². The number of aliphatic hydroxyl groups is 5. The summed E-state index contributed by atoms with van der Waals surface area (Å²) in [5.74, 6) is -0.953. The van der Waals surface area contributed by atoms with Gasteiger partial charge in [-0.25, -0.2) is 4.79 Å². The number of aliphatic hydroxyl groups excluding tert-OH is 5. The maximum atomic E-state index is 13.2. The molecule has 0 bridgehead atoms. The third-order valence-corrected chi connectivity index (χ3v) is 10.9. The van der Waals surface area contributed by atoms with E-state index in [1.54, 1.807) is 63.5 Å². The fraction of sp³-hybridized carbons (Fsp3) is 0.667. The molecule has 57 heavy (non-hydrogen) atoms. The Labute approximate surface area is 341 Å². The first-order chi connectivity index (χ1) is 27.1. The predicted octanol–water partition coefficient (Wildman–Crippen LogP) is 5.24. The van der Waals surface area contributed by atoms with E-state index in [9.17, 15) is 30.3 Å². The van der Waals surface area contributed by atoms with Crippen LogP contribution in [0.4, 0.5) is 0 Å². The van der Waals surface area contributed by atoms with Crippen molar-refractivity contribution >= 4 is 5.97 Å². The van der Waals surface area contributed by atoms with Crippen molar-refractivity contribution in [2.45, 2.75) is 153 Å². The Kier molecular flexibility index (Phi) is 22.7. The Morgan fingerprint density at radius 1 is 0.860 bits per heavy atom. The van der Waals surface area contributed by atoms with Crippen molar-refractivity contribution in [2.24, 2.45) is 11.8 Å². The molecule has 2 rings (SSSR count). The molecule has 0 aliphatic carbocycles. The van der Waals surface area contributed by atoms with Crippen molar-refractivity contribution in [1.82, 2.24) is 0 Å². The number of hydrogen-bond acceptors (Lipinski definition) is 12. The van der Waals surface area contributed by atoms with Gasteiger partial charge in [-0.05, 0) is 58.4 Å². The van der Waals surface area contributed by atoms with Crippen LogP contribution >= 0.6 is 0 Å². The number of methoxy groups -OCH3 is 4. The molecule has 14 atom stereocenters. The minimum Gasteiger partial charge on any atom is -0.452 e. The Bertz CT molecular complexity index is 1400. The molecule has 2 heterocycles. The molecule has 3 unspecified atom stereocenters. The zero-order chi connectivity index (χ0) is 42.7. The number of carbonyl (C=O) groups excluding carboxylic acids is 1. The molecule has 0 saturated carbocycles. The van der Waals surface area contributed by atoms with Gasteiger partial charge in [0, 0.05) is 40.4 Å². The normalized spacial score (nSPS) is 40.6. The highest BCUT2D eigenvalue weighted by Crippen LogP contribution is 2.38. The highest BCUT2D eigenvalue weighted by molar-refractivity contribution is 5.82. The van der Waals surface area contributed by atoms with Gasteiger partial charge >= 0.3 is 5.97 Å². The fourth-order valence-electron chi connectivity index (χ4n) is 7.39. The summed E-state index contributed by atoms with van der Waals surface area (Å²) in [5.41, 5.74) is 0.457. The van der Waals surface area contributed by atoms with E-state index in [0.717, 1.165) is 30.4 Å². The lowest BCUT2D eigenvalue weighted by atomic mass is 9.88. The van der Waals surface area contributed by atoms with Crippen LogP contribution in [0.25, 0.3) is 0 Å². The van der Waals surface area contributed by atoms with Gasteiger partial charge in [-0.1, -0.05) is 106 Å². The monoisotopic (exact) mass is 805 g/mol. The Morgan fingerprint density at radius 3 is 2.12 bits per heavy atom. The van der Waals surface area contributed by atoms with Crippen LogP contribution in [-0.2, 0) is 33.2 Å². The van der Waals surface area contributed by atoms with Crippen molar-refractivity contribution in [3.05, 3.63) is 84.1 Å². The van der Waals surface area contributed by atoms with Crippen molar-refractivity contribution in [3.8, 4) is 0 Å². The molecule has 5 N–H and O–H groups in total. The van der Waals surface area contributed by atoms with E-state index in [1.807, 2.05) is 32.9 Å². The lowest BCUT2D eigenvalue weighted by molar-refractivity contribution is -0.153. The van der Waals surface area contributed by atoms with Crippen LogP contribution in [0.1, 0.15) is 80.1 Å². The van der Waals surface area contributed by atoms with Gasteiger partial charge in [-0.3, -0.25) is 0 Å². The second-order valence-electron chi connectivity index (χ2n) is 15.6. The van der Waals surface area contributed by atoms with Crippen LogP contribution in [0.5, 0.6) is 0 Å². The van der Waals surface area contributed by atoms with Crippen LogP contribution in [0.3, 0.4) is 0 Å². The van der Waals surface area contributed by atoms with Crippen molar-refractivity contribution in [2.75, 3.05) is 28.4 Å². The quantitative estimate of drug-likeness (QED) is 0.144. The first kappa shape index (κ1) is 50.4. The smallest absolute Gasteiger partial charge is 0.331 e. The number of hydrogen-bond donors (Lipinski definition) is 5. The van der Waals surface area contributed by atoms with Crippen molar-refractivity contribution in [1.29, 1.82) is 0 Å². The number of rotatable bonds is 10. The zero-order valence-electron chi connectivity index (χ0n) is 35.8. The molecule has 12 heteroatoms. The molecule has 12 nitrogen and oxygen atoms in total. The Morgan fingerprint density at radius 2 is 1.51 bits per heavy atom. The molecular weight excluding hydrogens is 732 g/mol. The van der Waals surface area contributed by atoms with Gasteiger partial charge in [0.05, 0.1) is 30.5 Å². The highest BCUT2D eigenvalue weighted by atomic mass is 16.6. The third-order valence-electron chi connectivity index (χ3n) is 10.9. The van der Waals surface area contributed by atoms with Crippen LogP contribution in [0.15, 0.2) is 84.1 Å². The Hall–Kier alpha value is -2.75. The van der Waals surface area contributed by atoms with Crippen LogP contribution < -0.4 is 0 Å². The molecule has 324 valence electrons. The van der Waals surface area contributed by atoms with Crippen LogP contribution in [0, 0.1) is 11.8 Å². The van der Waals surface area contributed by atoms with E-state index in [1.165, 1.54) is 33.5 Å². The first-order valence-corrected chi connectivity index (χ1v) is 20.2. The minimum absolute atomic E-state index is 0.0235. The molecule has 1 fully saturated rings. The molecule has 1 saturated heterocycles. The zero-order valence-corrected chi connectivity index (χ0v) is 35.8. The van der Waals surface area contributed by atoms with E-state index in [0.29, 0.717) is 12.8 Å². The SMILES string of the molecule is CCC[C@@H]1O[C@@](C)([C@@H](O)C/C=C/[C@@H]2OC(=O)/C=C/C=C/C(OC)[C@H](O)/C=C/C(C)=C/C(C)CCC[C@@H](OC)[C@@H](O)/C=C/C(C)=C/[C@@H](C)[C@H](O)C2OC)[C@H](O)[C@@H]1OC. The lowest BCUT2D eigenvalue weighted by Crippen LogP contribution is -2.50. The molecular formula is C45H72O12. The van der Waals surface area contributed by atoms with Crippen LogP contribution in [0.2, 0.25) is 0 Å². The molecule has 2 aliphatic heterocycles. The number of ether oxygens (including phenoxy) is 6. The summed E-state index contributed by atoms with van der Waals surface area (Å²) in [6.45, 7) is 11.4. The molecule has 0 aromatic rings. The van der Waals surface area contributed by atoms with E-state index >= 15 is 0 Å². The highest BCUT2D eigenvalue weighted by Gasteiger charge is 2.55. The van der Waals surface area contributed by atoms with Gasteiger partial charge in [-0.2, -0.15) is 0 Å². The molecule has 0 aromatic heterocycles. The van der Waals surface area contributed by atoms with E-state index in [4.69, 9.17) is 28.4 Å². The third kappa shape index (κ3) is 15.7. The fourth-order valence-corrected chi connectivity index (χ4v) is 7.39. The summed E-state index contributed by atoms with van der Waals surface area (Å²) >= 11 is 0. The van der Waals surface area contributed by atoms with E-state index in [2.05, 4.69) is 13.0 Å². The summed E-state index contributed by atoms with van der Waals surface area (Å²) < 4.78 is 34.4. The predicted molar refractivity (Wildman–Crippen MR) is 221 cm³/mol. The van der Waals surface area contributed by atoms with Gasteiger partial charge in [0.15, 0.2) is 0 Å². The Balaban J connectivity index is 2.46. The van der Waals surface area contributed by atoms with E-state index in [-0.39, 0.29) is 18.4 Å². The summed E-state index contributed by atoms with van der Waals surface area (Å²) in [6.07, 6.45) is 14.4. The minimum atomic E-state index is -1.32. The van der Waals surface area contributed by atoms with Crippen LogP contribution in [-0.4, -0.2) is 133 Å². The summed E-state index contributed by atoms with van der Waals surface area (Å²) in [5, 5.41) is 55.7. The average molecular weight is 805 g/mol. The molecule has 0 aromatic carbocycles. The molecule has 2 aliphatic rings. The van der Waals surface area contributed by atoms with Crippen molar-refractivity contribution in [3.63, 3.8) is 0 Å². The number of allylic oxidation sites excluding steroid dienone is 7. The summed E-state index contributed by atoms with van der Waals surface area (Å²) in [6, 6.07) is 0. The largest absolute Gasteiger partial charge is 0.452 e. The first-order valence-electron chi connectivity index (χ1n) is 20.2. The summed E-state index contributed by atoms with van der Waals surface area (Å²) in [4.78, 5) is 13.2.